The molecule has 1 aliphatic heterocycles. The maximum absolute atomic E-state index is 6.41. The highest BCUT2D eigenvalue weighted by atomic mass is 35.5. The van der Waals surface area contributed by atoms with Gasteiger partial charge in [-0.15, -0.1) is 0 Å². The van der Waals surface area contributed by atoms with Crippen LogP contribution in [-0.4, -0.2) is 34.4 Å². The van der Waals surface area contributed by atoms with Gasteiger partial charge in [0.1, 0.15) is 17.5 Å². The minimum absolute atomic E-state index is 0.239. The summed E-state index contributed by atoms with van der Waals surface area (Å²) in [6.45, 7) is 0. The van der Waals surface area contributed by atoms with Gasteiger partial charge in [0.15, 0.2) is 0 Å². The molecule has 0 saturated carbocycles. The highest BCUT2D eigenvalue weighted by Gasteiger charge is 2.26. The van der Waals surface area contributed by atoms with E-state index in [1.165, 1.54) is 0 Å². The smallest absolute Gasteiger partial charge is 0.248 e. The van der Waals surface area contributed by atoms with E-state index >= 15 is 0 Å². The number of anilines is 1. The highest BCUT2D eigenvalue weighted by Crippen LogP contribution is 2.37. The second kappa shape index (κ2) is 6.68. The molecule has 0 amide bonds. The number of nitrogens with one attached hydrogen (secondary N) is 1. The van der Waals surface area contributed by atoms with Gasteiger partial charge in [0, 0.05) is 16.7 Å². The van der Waals surface area contributed by atoms with E-state index in [4.69, 9.17) is 21.1 Å². The molecule has 8 heteroatoms. The molecule has 0 aliphatic carbocycles. The Hall–Kier alpha value is -3.06. The minimum atomic E-state index is -0.239. The summed E-state index contributed by atoms with van der Waals surface area (Å²) in [5, 5.41) is 15.8. The van der Waals surface area contributed by atoms with Gasteiger partial charge in [0.2, 0.25) is 5.95 Å². The molecule has 0 saturated heterocycles. The van der Waals surface area contributed by atoms with Gasteiger partial charge < -0.3 is 14.8 Å². The molecule has 1 atom stereocenters. The molecule has 0 fully saturated rings. The van der Waals surface area contributed by atoms with Crippen molar-refractivity contribution in [3.63, 3.8) is 0 Å². The second-order valence-electron chi connectivity index (χ2n) is 5.68. The predicted molar refractivity (Wildman–Crippen MR) is 98.6 cm³/mol. The Labute approximate surface area is 155 Å². The van der Waals surface area contributed by atoms with Crippen LogP contribution in [0.3, 0.4) is 0 Å². The zero-order valence-electron chi connectivity index (χ0n) is 14.2. The third-order valence-corrected chi connectivity index (χ3v) is 4.59. The average Bonchev–Trinajstić information content (AvgIpc) is 3.16. The number of benzene rings is 2. The number of hydrogen-bond acceptors (Lipinski definition) is 6. The summed E-state index contributed by atoms with van der Waals surface area (Å²) < 4.78 is 12.5. The number of halogens is 1. The number of hydrogen-bond donors (Lipinski definition) is 1. The molecule has 2 aromatic carbocycles. The van der Waals surface area contributed by atoms with Crippen LogP contribution in [0.4, 0.5) is 5.95 Å². The number of allylic oxidation sites excluding steroid dienone is 1. The zero-order chi connectivity index (χ0) is 18.1. The average molecular weight is 370 g/mol. The molecule has 0 spiro atoms. The normalized spacial score (nSPS) is 15.7. The fraction of sp³-hybridized carbons (Fsp3) is 0.167. The Morgan fingerprint density at radius 2 is 1.96 bits per heavy atom. The first-order chi connectivity index (χ1) is 12.7. The summed E-state index contributed by atoms with van der Waals surface area (Å²) in [4.78, 5) is 0. The van der Waals surface area contributed by atoms with E-state index in [1.54, 1.807) is 18.9 Å². The molecule has 1 aromatic heterocycles. The molecular weight excluding hydrogens is 354 g/mol. The van der Waals surface area contributed by atoms with Crippen LogP contribution in [0.1, 0.15) is 17.2 Å². The van der Waals surface area contributed by atoms with Crippen molar-refractivity contribution >= 4 is 23.2 Å². The SMILES string of the molecule is COc1ccc(C2=C[C@@H](c3ccccc3Cl)n3nnnc3N2)c(OC)c1. The lowest BCUT2D eigenvalue weighted by molar-refractivity contribution is 0.393. The number of rotatable bonds is 4. The van der Waals surface area contributed by atoms with Crippen molar-refractivity contribution in [2.75, 3.05) is 19.5 Å². The lowest BCUT2D eigenvalue weighted by Crippen LogP contribution is -2.20. The first-order valence-electron chi connectivity index (χ1n) is 7.95. The van der Waals surface area contributed by atoms with Crippen LogP contribution in [0.5, 0.6) is 11.5 Å². The lowest BCUT2D eigenvalue weighted by atomic mass is 10.0. The standard InChI is InChI=1S/C18H16ClN5O2/c1-25-11-7-8-13(17(9-11)26-2)15-10-16(12-5-3-4-6-14(12)19)24-18(20-15)21-22-23-24/h3-10,16H,1-2H3,(H,20,21,23)/t16-/m0/s1. The van der Waals surface area contributed by atoms with Crippen molar-refractivity contribution in [2.24, 2.45) is 0 Å². The van der Waals surface area contributed by atoms with Crippen LogP contribution >= 0.6 is 11.6 Å². The first kappa shape index (κ1) is 16.4. The Morgan fingerprint density at radius 3 is 2.73 bits per heavy atom. The lowest BCUT2D eigenvalue weighted by Gasteiger charge is -2.25. The van der Waals surface area contributed by atoms with Crippen LogP contribution in [0.25, 0.3) is 5.70 Å². The van der Waals surface area contributed by atoms with Gasteiger partial charge >= 0.3 is 0 Å². The summed E-state index contributed by atoms with van der Waals surface area (Å²) >= 11 is 6.41. The molecule has 7 nitrogen and oxygen atoms in total. The van der Waals surface area contributed by atoms with Gasteiger partial charge in [-0.1, -0.05) is 34.9 Å². The van der Waals surface area contributed by atoms with Gasteiger partial charge in [0.25, 0.3) is 0 Å². The fourth-order valence-corrected chi connectivity index (χ4v) is 3.22. The van der Waals surface area contributed by atoms with Crippen molar-refractivity contribution < 1.29 is 9.47 Å². The summed E-state index contributed by atoms with van der Waals surface area (Å²) in [7, 11) is 3.24. The zero-order valence-corrected chi connectivity index (χ0v) is 14.9. The molecule has 4 rings (SSSR count). The third kappa shape index (κ3) is 2.76. The van der Waals surface area contributed by atoms with E-state index < -0.39 is 0 Å². The first-order valence-corrected chi connectivity index (χ1v) is 8.32. The second-order valence-corrected chi connectivity index (χ2v) is 6.09. The fourth-order valence-electron chi connectivity index (χ4n) is 2.97. The van der Waals surface area contributed by atoms with Crippen molar-refractivity contribution in [1.82, 2.24) is 20.2 Å². The third-order valence-electron chi connectivity index (χ3n) is 4.25. The maximum atomic E-state index is 6.41. The molecule has 0 bridgehead atoms. The molecular formula is C18H16ClN5O2. The number of ether oxygens (including phenoxy) is 2. The Morgan fingerprint density at radius 1 is 1.12 bits per heavy atom. The van der Waals surface area contributed by atoms with Crippen LogP contribution < -0.4 is 14.8 Å². The van der Waals surface area contributed by atoms with Crippen molar-refractivity contribution in [2.45, 2.75) is 6.04 Å². The van der Waals surface area contributed by atoms with Crippen molar-refractivity contribution in [3.8, 4) is 11.5 Å². The molecule has 132 valence electrons. The Bertz CT molecular complexity index is 985. The molecule has 0 unspecified atom stereocenters. The summed E-state index contributed by atoms with van der Waals surface area (Å²) in [5.74, 6) is 1.93. The number of methoxy groups -OCH3 is 2. The van der Waals surface area contributed by atoms with E-state index in [-0.39, 0.29) is 6.04 Å². The molecule has 3 aromatic rings. The van der Waals surface area contributed by atoms with Crippen LogP contribution in [0.15, 0.2) is 48.5 Å². The molecule has 1 N–H and O–H groups in total. The van der Waals surface area contributed by atoms with Gasteiger partial charge in [-0.2, -0.15) is 4.68 Å². The van der Waals surface area contributed by atoms with Crippen molar-refractivity contribution in [3.05, 3.63) is 64.7 Å². The van der Waals surface area contributed by atoms with E-state index in [0.29, 0.717) is 16.7 Å². The molecule has 2 heterocycles. The van der Waals surface area contributed by atoms with E-state index in [2.05, 4.69) is 20.8 Å². The van der Waals surface area contributed by atoms with Crippen molar-refractivity contribution in [1.29, 1.82) is 0 Å². The monoisotopic (exact) mass is 369 g/mol. The largest absolute Gasteiger partial charge is 0.497 e. The number of tetrazole rings is 1. The number of nitrogens with zero attached hydrogens (tertiary/aromatic N) is 4. The predicted octanol–water partition coefficient (Wildman–Crippen LogP) is 3.40. The van der Waals surface area contributed by atoms with E-state index in [9.17, 15) is 0 Å². The quantitative estimate of drug-likeness (QED) is 0.759. The van der Waals surface area contributed by atoms with Gasteiger partial charge in [-0.05, 0) is 40.3 Å². The summed E-state index contributed by atoms with van der Waals surface area (Å²) in [6.07, 6.45) is 2.02. The molecule has 26 heavy (non-hydrogen) atoms. The van der Waals surface area contributed by atoms with E-state index in [0.717, 1.165) is 22.6 Å². The van der Waals surface area contributed by atoms with Crippen LogP contribution in [0.2, 0.25) is 5.02 Å². The summed E-state index contributed by atoms with van der Waals surface area (Å²) in [6, 6.07) is 13.0. The van der Waals surface area contributed by atoms with Gasteiger partial charge in [0.05, 0.1) is 19.9 Å². The Balaban J connectivity index is 1.84. The molecule has 0 radical (unpaired) electrons. The van der Waals surface area contributed by atoms with Gasteiger partial charge in [-0.25, -0.2) is 0 Å². The molecule has 1 aliphatic rings. The minimum Gasteiger partial charge on any atom is -0.497 e. The van der Waals surface area contributed by atoms with Crippen LogP contribution in [-0.2, 0) is 0 Å². The van der Waals surface area contributed by atoms with Crippen LogP contribution in [0, 0.1) is 0 Å². The topological polar surface area (TPSA) is 74.1 Å². The van der Waals surface area contributed by atoms with Gasteiger partial charge in [-0.3, -0.25) is 0 Å². The highest BCUT2D eigenvalue weighted by molar-refractivity contribution is 6.31. The number of aromatic nitrogens is 4. The maximum Gasteiger partial charge on any atom is 0.248 e. The summed E-state index contributed by atoms with van der Waals surface area (Å²) in [5.41, 5.74) is 2.62. The Kier molecular flexibility index (Phi) is 4.22. The van der Waals surface area contributed by atoms with E-state index in [1.807, 2.05) is 48.5 Å². The number of fused-ring (bicyclic) bond motifs is 1.